The molecule has 1 heterocycles. The molecule has 0 bridgehead atoms. The molecule has 4 nitrogen and oxygen atoms in total. The first kappa shape index (κ1) is 7.63. The van der Waals surface area contributed by atoms with Crippen LogP contribution in [0.1, 0.15) is 18.2 Å². The maximum Gasteiger partial charge on any atom is 0.144 e. The summed E-state index contributed by atoms with van der Waals surface area (Å²) in [6.45, 7) is 0. The first-order chi connectivity index (χ1) is 5.25. The molecule has 4 heteroatoms. The Morgan fingerprint density at radius 3 is 2.91 bits per heavy atom. The molecule has 0 fully saturated rings. The minimum atomic E-state index is -0.407. The molecule has 0 aliphatic carbocycles. The lowest BCUT2D eigenvalue weighted by Gasteiger charge is -2.03. The zero-order valence-corrected chi connectivity index (χ0v) is 5.95. The van der Waals surface area contributed by atoms with Crippen LogP contribution < -0.4 is 11.5 Å². The van der Waals surface area contributed by atoms with Crippen LogP contribution in [-0.2, 0) is 0 Å². The van der Waals surface area contributed by atoms with Crippen LogP contribution in [0.3, 0.4) is 0 Å². The van der Waals surface area contributed by atoms with E-state index in [0.29, 0.717) is 11.4 Å². The van der Waals surface area contributed by atoms with Gasteiger partial charge in [0, 0.05) is 0 Å². The summed E-state index contributed by atoms with van der Waals surface area (Å²) < 4.78 is 4.98. The number of furan rings is 1. The van der Waals surface area contributed by atoms with Crippen LogP contribution in [0.4, 0.5) is 5.69 Å². The number of hydrogen-bond donors (Lipinski definition) is 2. The van der Waals surface area contributed by atoms with Crippen LogP contribution in [0.2, 0.25) is 0 Å². The van der Waals surface area contributed by atoms with Crippen LogP contribution in [0.5, 0.6) is 0 Å². The Hall–Kier alpha value is -1.47. The molecule has 0 radical (unpaired) electrons. The molecule has 0 saturated carbocycles. The summed E-state index contributed by atoms with van der Waals surface area (Å²) in [6, 6.07) is 3.15. The highest BCUT2D eigenvalue weighted by molar-refractivity contribution is 5.42. The largest absolute Gasteiger partial charge is 0.465 e. The molecular formula is C7H9N3O. The molecule has 0 amide bonds. The Morgan fingerprint density at radius 1 is 1.73 bits per heavy atom. The second-order valence-corrected chi connectivity index (χ2v) is 2.21. The fourth-order valence-electron chi connectivity index (χ4n) is 0.823. The number of anilines is 1. The first-order valence-corrected chi connectivity index (χ1v) is 3.21. The maximum absolute atomic E-state index is 8.31. The molecule has 0 aliphatic heterocycles. The fourth-order valence-corrected chi connectivity index (χ4v) is 0.823. The van der Waals surface area contributed by atoms with E-state index < -0.39 is 6.04 Å². The topological polar surface area (TPSA) is 89.0 Å². The van der Waals surface area contributed by atoms with Crippen LogP contribution in [0, 0.1) is 11.3 Å². The van der Waals surface area contributed by atoms with Crippen molar-refractivity contribution in [3.05, 3.63) is 18.1 Å². The molecule has 1 atom stereocenters. The van der Waals surface area contributed by atoms with Gasteiger partial charge in [0.25, 0.3) is 0 Å². The molecule has 0 saturated heterocycles. The van der Waals surface area contributed by atoms with E-state index in [-0.39, 0.29) is 6.42 Å². The number of rotatable bonds is 2. The number of nitrogen functional groups attached to an aromatic ring is 1. The molecular weight excluding hydrogens is 142 g/mol. The van der Waals surface area contributed by atoms with Crippen molar-refractivity contribution in [2.75, 3.05) is 5.73 Å². The first-order valence-electron chi connectivity index (χ1n) is 3.21. The number of hydrogen-bond acceptors (Lipinski definition) is 4. The second kappa shape index (κ2) is 3.08. The van der Waals surface area contributed by atoms with Gasteiger partial charge in [-0.2, -0.15) is 5.26 Å². The smallest absolute Gasteiger partial charge is 0.144 e. The normalized spacial score (nSPS) is 12.4. The van der Waals surface area contributed by atoms with E-state index >= 15 is 0 Å². The predicted molar refractivity (Wildman–Crippen MR) is 40.3 cm³/mol. The zero-order valence-electron chi connectivity index (χ0n) is 5.95. The number of nitrogens with zero attached hydrogens (tertiary/aromatic N) is 1. The Labute approximate surface area is 64.4 Å². The Morgan fingerprint density at radius 2 is 2.45 bits per heavy atom. The van der Waals surface area contributed by atoms with E-state index in [9.17, 15) is 0 Å². The summed E-state index contributed by atoms with van der Waals surface area (Å²) in [5.41, 5.74) is 11.6. The van der Waals surface area contributed by atoms with Crippen molar-refractivity contribution in [3.63, 3.8) is 0 Å². The molecule has 1 aromatic heterocycles. The van der Waals surface area contributed by atoms with Gasteiger partial charge in [0.2, 0.25) is 0 Å². The third-order valence-corrected chi connectivity index (χ3v) is 1.38. The molecule has 1 aromatic rings. The SMILES string of the molecule is N#CC[C@@H](N)c1occc1N. The summed E-state index contributed by atoms with van der Waals surface area (Å²) in [6.07, 6.45) is 1.68. The maximum atomic E-state index is 8.31. The number of nitriles is 1. The van der Waals surface area contributed by atoms with Crippen LogP contribution in [-0.4, -0.2) is 0 Å². The van der Waals surface area contributed by atoms with Gasteiger partial charge in [0.15, 0.2) is 0 Å². The second-order valence-electron chi connectivity index (χ2n) is 2.21. The quantitative estimate of drug-likeness (QED) is 0.653. The lowest BCUT2D eigenvalue weighted by Crippen LogP contribution is -2.09. The van der Waals surface area contributed by atoms with Crippen molar-refractivity contribution < 1.29 is 4.42 Å². The minimum Gasteiger partial charge on any atom is -0.465 e. The van der Waals surface area contributed by atoms with Gasteiger partial charge in [-0.3, -0.25) is 0 Å². The van der Waals surface area contributed by atoms with Gasteiger partial charge in [0.1, 0.15) is 5.76 Å². The molecule has 0 aromatic carbocycles. The molecule has 0 aliphatic rings. The summed E-state index contributed by atoms with van der Waals surface area (Å²) in [5, 5.41) is 8.31. The summed E-state index contributed by atoms with van der Waals surface area (Å²) >= 11 is 0. The van der Waals surface area contributed by atoms with Crippen molar-refractivity contribution in [1.29, 1.82) is 5.26 Å². The highest BCUT2D eigenvalue weighted by Gasteiger charge is 2.11. The lowest BCUT2D eigenvalue weighted by atomic mass is 10.2. The average Bonchev–Trinajstić information content (AvgIpc) is 2.36. The van der Waals surface area contributed by atoms with Crippen molar-refractivity contribution in [2.45, 2.75) is 12.5 Å². The third kappa shape index (κ3) is 1.51. The van der Waals surface area contributed by atoms with Crippen molar-refractivity contribution in [1.82, 2.24) is 0 Å². The van der Waals surface area contributed by atoms with Gasteiger partial charge in [-0.1, -0.05) is 0 Å². The van der Waals surface area contributed by atoms with Gasteiger partial charge in [-0.15, -0.1) is 0 Å². The Kier molecular flexibility index (Phi) is 2.14. The molecule has 1 rings (SSSR count). The molecule has 0 unspecified atom stereocenters. The van der Waals surface area contributed by atoms with Gasteiger partial charge in [0.05, 0.1) is 30.5 Å². The highest BCUT2D eigenvalue weighted by Crippen LogP contribution is 2.21. The average molecular weight is 151 g/mol. The van der Waals surface area contributed by atoms with Crippen molar-refractivity contribution >= 4 is 5.69 Å². The molecule has 0 spiro atoms. The monoisotopic (exact) mass is 151 g/mol. The van der Waals surface area contributed by atoms with E-state index in [0.717, 1.165) is 0 Å². The lowest BCUT2D eigenvalue weighted by molar-refractivity contribution is 0.471. The standard InChI is InChI=1S/C7H9N3O/c8-3-1-5(9)7-6(10)2-4-11-7/h2,4-5H,1,9-10H2/t5-/m1/s1. The van der Waals surface area contributed by atoms with E-state index in [1.54, 1.807) is 6.07 Å². The molecule has 58 valence electrons. The van der Waals surface area contributed by atoms with Crippen LogP contribution in [0.25, 0.3) is 0 Å². The van der Waals surface area contributed by atoms with Crippen LogP contribution in [0.15, 0.2) is 16.7 Å². The van der Waals surface area contributed by atoms with Gasteiger partial charge >= 0.3 is 0 Å². The van der Waals surface area contributed by atoms with E-state index in [1.165, 1.54) is 6.26 Å². The molecule has 11 heavy (non-hydrogen) atoms. The fraction of sp³-hybridized carbons (Fsp3) is 0.286. The van der Waals surface area contributed by atoms with E-state index in [1.807, 2.05) is 6.07 Å². The van der Waals surface area contributed by atoms with Gasteiger partial charge in [-0.25, -0.2) is 0 Å². The van der Waals surface area contributed by atoms with Crippen molar-refractivity contribution in [2.24, 2.45) is 5.73 Å². The summed E-state index contributed by atoms with van der Waals surface area (Å²) in [7, 11) is 0. The van der Waals surface area contributed by atoms with Gasteiger partial charge in [-0.05, 0) is 6.07 Å². The molecule has 4 N–H and O–H groups in total. The summed E-state index contributed by atoms with van der Waals surface area (Å²) in [4.78, 5) is 0. The number of nitrogens with two attached hydrogens (primary N) is 2. The van der Waals surface area contributed by atoms with E-state index in [2.05, 4.69) is 0 Å². The summed E-state index contributed by atoms with van der Waals surface area (Å²) in [5.74, 6) is 0.492. The minimum absolute atomic E-state index is 0.220. The predicted octanol–water partition coefficient (Wildman–Crippen LogP) is 0.775. The van der Waals surface area contributed by atoms with E-state index in [4.69, 9.17) is 21.1 Å². The van der Waals surface area contributed by atoms with Crippen LogP contribution >= 0.6 is 0 Å². The Balaban J connectivity index is 2.77. The van der Waals surface area contributed by atoms with Gasteiger partial charge < -0.3 is 15.9 Å². The third-order valence-electron chi connectivity index (χ3n) is 1.38. The zero-order chi connectivity index (χ0) is 8.27. The van der Waals surface area contributed by atoms with Crippen molar-refractivity contribution in [3.8, 4) is 6.07 Å². The highest BCUT2D eigenvalue weighted by atomic mass is 16.3. The Bertz CT molecular complexity index is 273.